The monoisotopic (exact) mass is 318 g/mol. The van der Waals surface area contributed by atoms with E-state index in [9.17, 15) is 9.59 Å². The summed E-state index contributed by atoms with van der Waals surface area (Å²) < 4.78 is 0. The van der Waals surface area contributed by atoms with Crippen LogP contribution in [0.4, 0.5) is 0 Å². The predicted molar refractivity (Wildman–Crippen MR) is 94.5 cm³/mol. The zero-order chi connectivity index (χ0) is 17.2. The summed E-state index contributed by atoms with van der Waals surface area (Å²) in [6.45, 7) is 8.22. The zero-order valence-corrected chi connectivity index (χ0v) is 14.8. The van der Waals surface area contributed by atoms with Gasteiger partial charge in [-0.2, -0.15) is 0 Å². The van der Waals surface area contributed by atoms with Crippen molar-refractivity contribution in [3.05, 3.63) is 35.4 Å². The lowest BCUT2D eigenvalue weighted by molar-refractivity contribution is -0.122. The summed E-state index contributed by atoms with van der Waals surface area (Å²) in [6.07, 6.45) is 2.92. The van der Waals surface area contributed by atoms with E-state index in [4.69, 9.17) is 0 Å². The Morgan fingerprint density at radius 3 is 2.35 bits per heavy atom. The molecule has 4 heteroatoms. The molecule has 1 rings (SSSR count). The number of ketones is 1. The Balaban J connectivity index is 2.20. The number of Topliss-reactive ketones (excluding diaryl/α,β-unsaturated/α-hetero) is 1. The molecule has 0 heterocycles. The molecule has 0 spiro atoms. The van der Waals surface area contributed by atoms with Gasteiger partial charge in [0.05, 0.1) is 6.04 Å². The van der Waals surface area contributed by atoms with Crippen molar-refractivity contribution < 1.29 is 9.59 Å². The van der Waals surface area contributed by atoms with Gasteiger partial charge in [-0.1, -0.05) is 43.7 Å². The quantitative estimate of drug-likeness (QED) is 0.697. The molecular formula is C19H30N2O2. The van der Waals surface area contributed by atoms with E-state index in [1.165, 1.54) is 11.1 Å². The summed E-state index contributed by atoms with van der Waals surface area (Å²) >= 11 is 0. The van der Waals surface area contributed by atoms with Crippen LogP contribution in [-0.2, 0) is 16.0 Å². The zero-order valence-electron chi connectivity index (χ0n) is 14.8. The van der Waals surface area contributed by atoms with Crippen molar-refractivity contribution in [1.82, 2.24) is 10.6 Å². The molecule has 0 aliphatic rings. The van der Waals surface area contributed by atoms with Crippen LogP contribution in [0.15, 0.2) is 24.3 Å². The molecule has 0 fully saturated rings. The second kappa shape index (κ2) is 10.2. The fourth-order valence-electron chi connectivity index (χ4n) is 2.46. The number of amides is 1. The Hall–Kier alpha value is -1.68. The summed E-state index contributed by atoms with van der Waals surface area (Å²) in [6, 6.07) is 8.50. The van der Waals surface area contributed by atoms with Crippen LogP contribution in [0.3, 0.4) is 0 Å². The van der Waals surface area contributed by atoms with Crippen LogP contribution in [0.2, 0.25) is 0 Å². The highest BCUT2D eigenvalue weighted by Gasteiger charge is 2.14. The minimum Gasteiger partial charge on any atom is -0.356 e. The highest BCUT2D eigenvalue weighted by atomic mass is 16.1. The molecule has 0 bridgehead atoms. The lowest BCUT2D eigenvalue weighted by Gasteiger charge is -2.18. The van der Waals surface area contributed by atoms with Crippen molar-refractivity contribution in [3.8, 4) is 0 Å². The average Bonchev–Trinajstić information content (AvgIpc) is 2.47. The lowest BCUT2D eigenvalue weighted by Crippen LogP contribution is -2.42. The Morgan fingerprint density at radius 1 is 1.13 bits per heavy atom. The first-order chi connectivity index (χ1) is 10.9. The molecular weight excluding hydrogens is 288 g/mol. The van der Waals surface area contributed by atoms with Crippen LogP contribution in [-0.4, -0.2) is 30.3 Å². The molecule has 128 valence electrons. The maximum Gasteiger partial charge on any atom is 0.220 e. The summed E-state index contributed by atoms with van der Waals surface area (Å²) in [5.41, 5.74) is 2.52. The number of hydrogen-bond acceptors (Lipinski definition) is 3. The first-order valence-electron chi connectivity index (χ1n) is 8.47. The Labute approximate surface area is 140 Å². The predicted octanol–water partition coefficient (Wildman–Crippen LogP) is 2.78. The van der Waals surface area contributed by atoms with E-state index in [1.54, 1.807) is 6.92 Å². The average molecular weight is 318 g/mol. The highest BCUT2D eigenvalue weighted by molar-refractivity contribution is 5.81. The van der Waals surface area contributed by atoms with Crippen molar-refractivity contribution in [2.75, 3.05) is 6.54 Å². The Bertz CT molecular complexity index is 495. The number of hydrogen-bond donors (Lipinski definition) is 2. The van der Waals surface area contributed by atoms with Gasteiger partial charge in [0.1, 0.15) is 5.78 Å². The standard InChI is InChI=1S/C19H30N2O2/c1-14(2)21-18(16(4)22)12-13-20-19(23)7-5-6-17-10-8-15(3)9-11-17/h8-11,14,18,21H,5-7,12-13H2,1-4H3,(H,20,23). The van der Waals surface area contributed by atoms with Gasteiger partial charge in [-0.25, -0.2) is 0 Å². The topological polar surface area (TPSA) is 58.2 Å². The number of benzene rings is 1. The van der Waals surface area contributed by atoms with E-state index < -0.39 is 0 Å². The smallest absolute Gasteiger partial charge is 0.220 e. The van der Waals surface area contributed by atoms with Gasteiger partial charge >= 0.3 is 0 Å². The minimum atomic E-state index is -0.178. The molecule has 0 radical (unpaired) electrons. The normalized spacial score (nSPS) is 12.2. The fraction of sp³-hybridized carbons (Fsp3) is 0.579. The second-order valence-corrected chi connectivity index (χ2v) is 6.46. The van der Waals surface area contributed by atoms with E-state index in [0.717, 1.165) is 12.8 Å². The van der Waals surface area contributed by atoms with Crippen LogP contribution in [0.25, 0.3) is 0 Å². The van der Waals surface area contributed by atoms with Crippen molar-refractivity contribution >= 4 is 11.7 Å². The first-order valence-corrected chi connectivity index (χ1v) is 8.47. The van der Waals surface area contributed by atoms with Crippen LogP contribution >= 0.6 is 0 Å². The van der Waals surface area contributed by atoms with Gasteiger partial charge in [0.2, 0.25) is 5.91 Å². The van der Waals surface area contributed by atoms with Gasteiger partial charge in [-0.3, -0.25) is 9.59 Å². The van der Waals surface area contributed by atoms with E-state index in [1.807, 2.05) is 13.8 Å². The van der Waals surface area contributed by atoms with E-state index in [2.05, 4.69) is 41.8 Å². The largest absolute Gasteiger partial charge is 0.356 e. The van der Waals surface area contributed by atoms with E-state index >= 15 is 0 Å². The molecule has 1 amide bonds. The maximum atomic E-state index is 11.8. The first kappa shape index (κ1) is 19.4. The lowest BCUT2D eigenvalue weighted by atomic mass is 10.1. The minimum absolute atomic E-state index is 0.0592. The molecule has 0 aromatic heterocycles. The summed E-state index contributed by atoms with van der Waals surface area (Å²) in [5.74, 6) is 0.177. The molecule has 0 saturated carbocycles. The SMILES string of the molecule is CC(=O)C(CCNC(=O)CCCc1ccc(C)cc1)NC(C)C. The molecule has 2 N–H and O–H groups in total. The van der Waals surface area contributed by atoms with Gasteiger partial charge in [0.15, 0.2) is 0 Å². The van der Waals surface area contributed by atoms with Gasteiger partial charge in [0, 0.05) is 19.0 Å². The van der Waals surface area contributed by atoms with E-state index in [-0.39, 0.29) is 23.8 Å². The number of carbonyl (C=O) groups is 2. The van der Waals surface area contributed by atoms with Gasteiger partial charge in [0.25, 0.3) is 0 Å². The Morgan fingerprint density at radius 2 is 1.78 bits per heavy atom. The number of aryl methyl sites for hydroxylation is 2. The third kappa shape index (κ3) is 8.50. The Kier molecular flexibility index (Phi) is 8.56. The van der Waals surface area contributed by atoms with E-state index in [0.29, 0.717) is 19.4 Å². The van der Waals surface area contributed by atoms with Gasteiger partial charge in [-0.15, -0.1) is 0 Å². The van der Waals surface area contributed by atoms with Crippen molar-refractivity contribution in [2.45, 2.75) is 65.5 Å². The number of rotatable bonds is 10. The van der Waals surface area contributed by atoms with Gasteiger partial charge in [-0.05, 0) is 38.7 Å². The maximum absolute atomic E-state index is 11.8. The van der Waals surface area contributed by atoms with Crippen LogP contribution in [0.5, 0.6) is 0 Å². The third-order valence-corrected chi connectivity index (χ3v) is 3.77. The highest BCUT2D eigenvalue weighted by Crippen LogP contribution is 2.07. The molecule has 23 heavy (non-hydrogen) atoms. The van der Waals surface area contributed by atoms with Crippen LogP contribution < -0.4 is 10.6 Å². The van der Waals surface area contributed by atoms with Crippen molar-refractivity contribution in [3.63, 3.8) is 0 Å². The van der Waals surface area contributed by atoms with Crippen molar-refractivity contribution in [2.24, 2.45) is 0 Å². The molecule has 0 aliphatic heterocycles. The molecule has 0 aliphatic carbocycles. The molecule has 4 nitrogen and oxygen atoms in total. The fourth-order valence-corrected chi connectivity index (χ4v) is 2.46. The van der Waals surface area contributed by atoms with Crippen LogP contribution in [0, 0.1) is 6.92 Å². The second-order valence-electron chi connectivity index (χ2n) is 6.46. The summed E-state index contributed by atoms with van der Waals surface area (Å²) in [4.78, 5) is 23.4. The number of carbonyl (C=O) groups excluding carboxylic acids is 2. The summed E-state index contributed by atoms with van der Waals surface area (Å²) in [7, 11) is 0. The molecule has 0 saturated heterocycles. The van der Waals surface area contributed by atoms with Crippen molar-refractivity contribution in [1.29, 1.82) is 0 Å². The summed E-state index contributed by atoms with van der Waals surface area (Å²) in [5, 5.41) is 6.13. The molecule has 1 unspecified atom stereocenters. The molecule has 1 aromatic carbocycles. The third-order valence-electron chi connectivity index (χ3n) is 3.77. The van der Waals surface area contributed by atoms with Crippen LogP contribution in [0.1, 0.15) is 51.2 Å². The van der Waals surface area contributed by atoms with Gasteiger partial charge < -0.3 is 10.6 Å². The number of nitrogens with one attached hydrogen (secondary N) is 2. The molecule has 1 aromatic rings. The molecule has 1 atom stereocenters.